The zero-order valence-corrected chi connectivity index (χ0v) is 10.8. The molecule has 0 spiro atoms. The maximum Gasteiger partial charge on any atom is 0.243 e. The number of rotatable bonds is 5. The molecule has 1 amide bonds. The molecule has 0 heterocycles. The number of hydrogen-bond donors (Lipinski definition) is 1. The Morgan fingerprint density at radius 3 is 2.59 bits per heavy atom. The molecule has 0 saturated carbocycles. The molecule has 0 aromatic heterocycles. The van der Waals surface area contributed by atoms with Gasteiger partial charge in [-0.15, -0.1) is 0 Å². The van der Waals surface area contributed by atoms with Crippen molar-refractivity contribution in [2.45, 2.75) is 12.5 Å². The van der Waals surface area contributed by atoms with Crippen LogP contribution in [0, 0.1) is 5.82 Å². The normalized spacial score (nSPS) is 12.2. The van der Waals surface area contributed by atoms with Gasteiger partial charge in [-0.3, -0.25) is 4.79 Å². The summed E-state index contributed by atoms with van der Waals surface area (Å²) < 4.78 is 12.7. The van der Waals surface area contributed by atoms with Gasteiger partial charge < -0.3 is 10.6 Å². The maximum absolute atomic E-state index is 12.7. The van der Waals surface area contributed by atoms with Gasteiger partial charge in [-0.1, -0.05) is 0 Å². The summed E-state index contributed by atoms with van der Waals surface area (Å²) >= 11 is 1.66. The van der Waals surface area contributed by atoms with Crippen molar-refractivity contribution in [3.05, 3.63) is 30.1 Å². The average Bonchev–Trinajstić information content (AvgIpc) is 2.35. The number of nitrogens with zero attached hydrogens (tertiary/aromatic N) is 1. The van der Waals surface area contributed by atoms with E-state index in [4.69, 9.17) is 5.73 Å². The van der Waals surface area contributed by atoms with Gasteiger partial charge in [-0.05, 0) is 42.7 Å². The SMILES string of the molecule is CSCC[C@@H](N)C(=O)N(C)c1ccc(F)cc1. The second-order valence-corrected chi connectivity index (χ2v) is 4.75. The molecule has 2 N–H and O–H groups in total. The second kappa shape index (κ2) is 6.61. The summed E-state index contributed by atoms with van der Waals surface area (Å²) in [5, 5.41) is 0. The van der Waals surface area contributed by atoms with E-state index in [2.05, 4.69) is 0 Å². The van der Waals surface area contributed by atoms with Gasteiger partial charge in [0, 0.05) is 12.7 Å². The first-order valence-electron chi connectivity index (χ1n) is 5.34. The number of carbonyl (C=O) groups is 1. The fourth-order valence-electron chi connectivity index (χ4n) is 1.41. The zero-order chi connectivity index (χ0) is 12.8. The summed E-state index contributed by atoms with van der Waals surface area (Å²) in [6.07, 6.45) is 2.62. The predicted molar refractivity (Wildman–Crippen MR) is 70.8 cm³/mol. The van der Waals surface area contributed by atoms with E-state index in [0.717, 1.165) is 5.75 Å². The number of likely N-dealkylation sites (N-methyl/N-ethyl adjacent to an activating group) is 1. The van der Waals surface area contributed by atoms with Crippen LogP contribution in [0.25, 0.3) is 0 Å². The summed E-state index contributed by atoms with van der Waals surface area (Å²) in [7, 11) is 1.65. The Labute approximate surface area is 105 Å². The largest absolute Gasteiger partial charge is 0.320 e. The third kappa shape index (κ3) is 4.02. The van der Waals surface area contributed by atoms with E-state index in [1.165, 1.54) is 17.0 Å². The topological polar surface area (TPSA) is 46.3 Å². The molecule has 1 rings (SSSR count). The molecule has 0 radical (unpaired) electrons. The highest BCUT2D eigenvalue weighted by molar-refractivity contribution is 7.98. The molecule has 0 aliphatic rings. The quantitative estimate of drug-likeness (QED) is 0.875. The van der Waals surface area contributed by atoms with E-state index in [1.807, 2.05) is 6.26 Å². The minimum atomic E-state index is -0.502. The van der Waals surface area contributed by atoms with Gasteiger partial charge in [0.25, 0.3) is 0 Å². The van der Waals surface area contributed by atoms with Crippen LogP contribution >= 0.6 is 11.8 Å². The number of anilines is 1. The van der Waals surface area contributed by atoms with Crippen LogP contribution < -0.4 is 10.6 Å². The number of carbonyl (C=O) groups excluding carboxylic acids is 1. The standard InChI is InChI=1S/C12H17FN2OS/c1-15(10-5-3-9(13)4-6-10)12(16)11(14)7-8-17-2/h3-6,11H,7-8,14H2,1-2H3/t11-/m1/s1. The Bertz CT molecular complexity index is 369. The Hall–Kier alpha value is -1.07. The van der Waals surface area contributed by atoms with E-state index in [9.17, 15) is 9.18 Å². The van der Waals surface area contributed by atoms with Gasteiger partial charge in [0.15, 0.2) is 0 Å². The van der Waals surface area contributed by atoms with E-state index in [1.54, 1.807) is 30.9 Å². The Kier molecular flexibility index (Phi) is 5.44. The number of benzene rings is 1. The van der Waals surface area contributed by atoms with Crippen molar-refractivity contribution >= 4 is 23.4 Å². The summed E-state index contributed by atoms with van der Waals surface area (Å²) in [5.74, 6) is 0.386. The number of nitrogens with two attached hydrogens (primary N) is 1. The monoisotopic (exact) mass is 256 g/mol. The van der Waals surface area contributed by atoms with Gasteiger partial charge in [0.1, 0.15) is 5.82 Å². The van der Waals surface area contributed by atoms with E-state index in [-0.39, 0.29) is 11.7 Å². The third-order valence-electron chi connectivity index (χ3n) is 2.49. The first-order chi connectivity index (χ1) is 8.06. The molecule has 0 saturated heterocycles. The lowest BCUT2D eigenvalue weighted by Gasteiger charge is -2.21. The summed E-state index contributed by atoms with van der Waals surface area (Å²) in [6.45, 7) is 0. The molecule has 94 valence electrons. The average molecular weight is 256 g/mol. The third-order valence-corrected chi connectivity index (χ3v) is 3.14. The van der Waals surface area contributed by atoms with Crippen LogP contribution in [-0.2, 0) is 4.79 Å². The molecule has 0 aliphatic carbocycles. The van der Waals surface area contributed by atoms with Crippen molar-refractivity contribution in [1.82, 2.24) is 0 Å². The molecule has 0 bridgehead atoms. The summed E-state index contributed by atoms with van der Waals surface area (Å²) in [4.78, 5) is 13.4. The molecule has 1 aromatic rings. The van der Waals surface area contributed by atoms with Crippen LogP contribution in [0.3, 0.4) is 0 Å². The zero-order valence-electron chi connectivity index (χ0n) is 10.0. The number of amides is 1. The first-order valence-corrected chi connectivity index (χ1v) is 6.73. The van der Waals surface area contributed by atoms with Gasteiger partial charge in [-0.2, -0.15) is 11.8 Å². The summed E-state index contributed by atoms with van der Waals surface area (Å²) in [6, 6.07) is 5.28. The number of halogens is 1. The minimum absolute atomic E-state index is 0.148. The molecule has 17 heavy (non-hydrogen) atoms. The van der Waals surface area contributed by atoms with Crippen molar-refractivity contribution < 1.29 is 9.18 Å². The van der Waals surface area contributed by atoms with Crippen molar-refractivity contribution in [2.24, 2.45) is 5.73 Å². The second-order valence-electron chi connectivity index (χ2n) is 3.76. The Morgan fingerprint density at radius 1 is 1.47 bits per heavy atom. The van der Waals surface area contributed by atoms with Crippen molar-refractivity contribution in [3.8, 4) is 0 Å². The van der Waals surface area contributed by atoms with Gasteiger partial charge in [0.05, 0.1) is 6.04 Å². The molecule has 1 aromatic carbocycles. The van der Waals surface area contributed by atoms with Crippen LogP contribution in [0.5, 0.6) is 0 Å². The molecular formula is C12H17FN2OS. The number of thioether (sulfide) groups is 1. The molecule has 0 unspecified atom stereocenters. The number of hydrogen-bond acceptors (Lipinski definition) is 3. The van der Waals surface area contributed by atoms with E-state index < -0.39 is 6.04 Å². The highest BCUT2D eigenvalue weighted by atomic mass is 32.2. The smallest absolute Gasteiger partial charge is 0.243 e. The van der Waals surface area contributed by atoms with E-state index >= 15 is 0 Å². The minimum Gasteiger partial charge on any atom is -0.320 e. The molecule has 3 nitrogen and oxygen atoms in total. The van der Waals surface area contributed by atoms with Crippen LogP contribution in [0.1, 0.15) is 6.42 Å². The van der Waals surface area contributed by atoms with Gasteiger partial charge in [-0.25, -0.2) is 4.39 Å². The first kappa shape index (κ1) is 14.0. The highest BCUT2D eigenvalue weighted by Gasteiger charge is 2.18. The maximum atomic E-state index is 12.7. The Morgan fingerprint density at radius 2 is 2.06 bits per heavy atom. The lowest BCUT2D eigenvalue weighted by atomic mass is 10.2. The van der Waals surface area contributed by atoms with Crippen LogP contribution in [0.4, 0.5) is 10.1 Å². The Balaban J connectivity index is 2.65. The fraction of sp³-hybridized carbons (Fsp3) is 0.417. The van der Waals surface area contributed by atoms with E-state index in [0.29, 0.717) is 12.1 Å². The molecule has 5 heteroatoms. The van der Waals surface area contributed by atoms with Gasteiger partial charge >= 0.3 is 0 Å². The molecule has 0 fully saturated rings. The van der Waals surface area contributed by atoms with Crippen molar-refractivity contribution in [3.63, 3.8) is 0 Å². The summed E-state index contributed by atoms with van der Waals surface area (Å²) in [5.41, 5.74) is 6.44. The van der Waals surface area contributed by atoms with Crippen LogP contribution in [-0.4, -0.2) is 31.0 Å². The van der Waals surface area contributed by atoms with Crippen LogP contribution in [0.2, 0.25) is 0 Å². The van der Waals surface area contributed by atoms with Crippen molar-refractivity contribution in [2.75, 3.05) is 24.0 Å². The van der Waals surface area contributed by atoms with Gasteiger partial charge in [0.2, 0.25) is 5.91 Å². The molecule has 0 aliphatic heterocycles. The highest BCUT2D eigenvalue weighted by Crippen LogP contribution is 2.14. The van der Waals surface area contributed by atoms with Crippen molar-refractivity contribution in [1.29, 1.82) is 0 Å². The predicted octanol–water partition coefficient (Wildman–Crippen LogP) is 1.87. The molecule has 1 atom stereocenters. The molecular weight excluding hydrogens is 239 g/mol. The fourth-order valence-corrected chi connectivity index (χ4v) is 1.90. The lowest BCUT2D eigenvalue weighted by molar-refractivity contribution is -0.119. The van der Waals surface area contributed by atoms with Crippen LogP contribution in [0.15, 0.2) is 24.3 Å². The lowest BCUT2D eigenvalue weighted by Crippen LogP contribution is -2.42.